The highest BCUT2D eigenvalue weighted by Crippen LogP contribution is 2.56. The lowest BCUT2D eigenvalue weighted by atomic mass is 9.70. The van der Waals surface area contributed by atoms with Crippen LogP contribution < -0.4 is 0 Å². The van der Waals surface area contributed by atoms with E-state index in [1.165, 1.54) is 144 Å². The highest BCUT2D eigenvalue weighted by Gasteiger charge is 2.42. The Morgan fingerprint density at radius 1 is 0.533 bits per heavy atom. The predicted octanol–water partition coefficient (Wildman–Crippen LogP) is 14.6. The number of thiophene rings is 2. The van der Waals surface area contributed by atoms with Crippen molar-refractivity contribution in [3.05, 3.63) is 94.9 Å². The van der Waals surface area contributed by atoms with Crippen LogP contribution in [0.25, 0.3) is 42.1 Å². The van der Waals surface area contributed by atoms with Crippen LogP contribution in [0.4, 0.5) is 0 Å². The summed E-state index contributed by atoms with van der Waals surface area (Å²) in [4.78, 5) is 4.40. The van der Waals surface area contributed by atoms with Crippen molar-refractivity contribution in [3.63, 3.8) is 0 Å². The second kappa shape index (κ2) is 15.3. The maximum absolute atomic E-state index is 2.64. The molecule has 0 atom stereocenters. The number of benzene rings is 3. The van der Waals surface area contributed by atoms with Crippen LogP contribution in [0.15, 0.2) is 78.2 Å². The molecule has 0 saturated heterocycles. The molecule has 6 rings (SSSR count). The van der Waals surface area contributed by atoms with Gasteiger partial charge in [-0.25, -0.2) is 0 Å². The Morgan fingerprint density at radius 2 is 1.16 bits per heavy atom. The molecular weight excluding hydrogens is 581 g/mol. The van der Waals surface area contributed by atoms with Crippen LogP contribution in [0.2, 0.25) is 0 Å². The minimum atomic E-state index is 0.124. The minimum absolute atomic E-state index is 0.124. The maximum atomic E-state index is 2.64. The Hall–Kier alpha value is -2.68. The number of unbranched alkanes of at least 4 members (excludes halogenated alkanes) is 9. The van der Waals surface area contributed by atoms with Gasteiger partial charge in [0, 0.05) is 25.9 Å². The molecule has 0 bridgehead atoms. The van der Waals surface area contributed by atoms with Gasteiger partial charge in [-0.2, -0.15) is 0 Å². The topological polar surface area (TPSA) is 0 Å². The van der Waals surface area contributed by atoms with Crippen LogP contribution in [-0.2, 0) is 11.8 Å². The summed E-state index contributed by atoms with van der Waals surface area (Å²) < 4.78 is 0. The van der Waals surface area contributed by atoms with Crippen LogP contribution in [0, 0.1) is 0 Å². The third-order valence-electron chi connectivity index (χ3n) is 10.3. The maximum Gasteiger partial charge on any atom is 0.0530 e. The van der Waals surface area contributed by atoms with Gasteiger partial charge in [0.1, 0.15) is 0 Å². The van der Waals surface area contributed by atoms with Crippen molar-refractivity contribution in [2.45, 2.75) is 122 Å². The third-order valence-corrected chi connectivity index (χ3v) is 12.7. The van der Waals surface area contributed by atoms with Crippen molar-refractivity contribution in [2.24, 2.45) is 0 Å². The first-order chi connectivity index (χ1) is 22.2. The zero-order chi connectivity index (χ0) is 31.1. The molecule has 3 aromatic carbocycles. The molecular formula is C43H52S2. The number of fused-ring (bicyclic) bond motifs is 4. The van der Waals surface area contributed by atoms with Crippen LogP contribution in [0.3, 0.4) is 0 Å². The Labute approximate surface area is 280 Å². The van der Waals surface area contributed by atoms with Crippen LogP contribution in [0.1, 0.15) is 127 Å². The lowest BCUT2D eigenvalue weighted by molar-refractivity contribution is 0.401. The molecule has 0 spiro atoms. The van der Waals surface area contributed by atoms with E-state index in [2.05, 4.69) is 98.9 Å². The SMILES string of the molecule is CCCCCCc1ccsc1-c1sc(-c2ccc3c(c2)C(CCCCCC)(CCCCCC)c2ccccc2-3)c2ccccc12. The molecule has 0 nitrogen and oxygen atoms in total. The van der Waals surface area contributed by atoms with E-state index in [1.807, 2.05) is 22.7 Å². The zero-order valence-corrected chi connectivity index (χ0v) is 29.6. The van der Waals surface area contributed by atoms with Gasteiger partial charge in [0.25, 0.3) is 0 Å². The first-order valence-electron chi connectivity index (χ1n) is 18.0. The van der Waals surface area contributed by atoms with Gasteiger partial charge in [0.2, 0.25) is 0 Å². The summed E-state index contributed by atoms with van der Waals surface area (Å²) in [7, 11) is 0. The van der Waals surface area contributed by atoms with Crippen LogP contribution in [-0.4, -0.2) is 0 Å². The fourth-order valence-corrected chi connectivity index (χ4v) is 10.3. The normalized spacial score (nSPS) is 13.4. The molecule has 0 fully saturated rings. The van der Waals surface area contributed by atoms with Gasteiger partial charge in [-0.05, 0) is 76.6 Å². The fraction of sp³-hybridized carbons (Fsp3) is 0.442. The molecule has 0 N–H and O–H groups in total. The minimum Gasteiger partial charge on any atom is -0.143 e. The van der Waals surface area contributed by atoms with Crippen molar-refractivity contribution < 1.29 is 0 Å². The summed E-state index contributed by atoms with van der Waals surface area (Å²) in [6.07, 6.45) is 19.5. The highest BCUT2D eigenvalue weighted by molar-refractivity contribution is 7.25. The Morgan fingerprint density at radius 3 is 1.87 bits per heavy atom. The molecule has 2 heterocycles. The van der Waals surface area contributed by atoms with Gasteiger partial charge in [-0.3, -0.25) is 0 Å². The Bertz CT molecular complexity index is 1670. The van der Waals surface area contributed by atoms with Gasteiger partial charge in [-0.1, -0.05) is 152 Å². The molecule has 5 aromatic rings. The van der Waals surface area contributed by atoms with E-state index in [0.717, 1.165) is 0 Å². The average molecular weight is 633 g/mol. The van der Waals surface area contributed by atoms with E-state index in [1.54, 1.807) is 11.1 Å². The molecule has 2 aromatic heterocycles. The summed E-state index contributed by atoms with van der Waals surface area (Å²) in [5.41, 5.74) is 9.22. The van der Waals surface area contributed by atoms with Crippen molar-refractivity contribution >= 4 is 33.4 Å². The first kappa shape index (κ1) is 32.3. The molecule has 1 aliphatic carbocycles. The van der Waals surface area contributed by atoms with Crippen LogP contribution in [0.5, 0.6) is 0 Å². The van der Waals surface area contributed by atoms with Crippen molar-refractivity contribution in [1.29, 1.82) is 0 Å². The summed E-state index contributed by atoms with van der Waals surface area (Å²) in [6, 6.07) is 28.5. The first-order valence-corrected chi connectivity index (χ1v) is 19.7. The highest BCUT2D eigenvalue weighted by atomic mass is 32.1. The van der Waals surface area contributed by atoms with E-state index in [0.29, 0.717) is 0 Å². The largest absolute Gasteiger partial charge is 0.143 e. The lowest BCUT2D eigenvalue weighted by Crippen LogP contribution is -2.25. The van der Waals surface area contributed by atoms with Crippen LogP contribution >= 0.6 is 22.7 Å². The molecule has 0 saturated carbocycles. The third kappa shape index (κ3) is 6.61. The fourth-order valence-electron chi connectivity index (χ4n) is 7.92. The van der Waals surface area contributed by atoms with E-state index >= 15 is 0 Å². The van der Waals surface area contributed by atoms with E-state index in [-0.39, 0.29) is 5.41 Å². The number of hydrogen-bond donors (Lipinski definition) is 0. The summed E-state index contributed by atoms with van der Waals surface area (Å²) in [6.45, 7) is 6.96. The Balaban J connectivity index is 1.43. The van der Waals surface area contributed by atoms with E-state index < -0.39 is 0 Å². The lowest BCUT2D eigenvalue weighted by Gasteiger charge is -2.33. The van der Waals surface area contributed by atoms with Gasteiger partial charge in [-0.15, -0.1) is 22.7 Å². The molecule has 0 unspecified atom stereocenters. The van der Waals surface area contributed by atoms with Gasteiger partial charge < -0.3 is 0 Å². The molecule has 0 amide bonds. The molecule has 0 aliphatic heterocycles. The van der Waals surface area contributed by atoms with Crippen molar-refractivity contribution in [2.75, 3.05) is 0 Å². The molecule has 0 radical (unpaired) electrons. The summed E-state index contributed by atoms with van der Waals surface area (Å²) in [5, 5.41) is 5.15. The molecule has 2 heteroatoms. The van der Waals surface area contributed by atoms with Crippen molar-refractivity contribution in [3.8, 4) is 31.3 Å². The standard InChI is InChI=1S/C43H52S2/c1-4-7-10-13-20-32-27-30-44-41(32)42-37-23-15-14-22-36(37)40(45-42)33-25-26-35-34-21-16-17-24-38(34)43(39(35)31-33,28-18-11-8-5-2)29-19-12-9-6-3/h14-17,21-27,30-31H,4-13,18-20,28-29H2,1-3H3. The summed E-state index contributed by atoms with van der Waals surface area (Å²) in [5.74, 6) is 0. The average Bonchev–Trinajstić information content (AvgIpc) is 3.77. The number of hydrogen-bond acceptors (Lipinski definition) is 2. The second-order valence-electron chi connectivity index (χ2n) is 13.4. The van der Waals surface area contributed by atoms with E-state index in [4.69, 9.17) is 0 Å². The van der Waals surface area contributed by atoms with Gasteiger partial charge in [0.15, 0.2) is 0 Å². The quantitative estimate of drug-likeness (QED) is 0.0895. The zero-order valence-electron chi connectivity index (χ0n) is 27.9. The van der Waals surface area contributed by atoms with E-state index in [9.17, 15) is 0 Å². The predicted molar refractivity (Wildman–Crippen MR) is 202 cm³/mol. The monoisotopic (exact) mass is 632 g/mol. The smallest absolute Gasteiger partial charge is 0.0530 e. The number of rotatable bonds is 17. The molecule has 1 aliphatic rings. The van der Waals surface area contributed by atoms with Gasteiger partial charge >= 0.3 is 0 Å². The molecule has 45 heavy (non-hydrogen) atoms. The molecule has 236 valence electrons. The van der Waals surface area contributed by atoms with Crippen molar-refractivity contribution in [1.82, 2.24) is 0 Å². The summed E-state index contributed by atoms with van der Waals surface area (Å²) >= 11 is 3.97. The Kier molecular flexibility index (Phi) is 11.0. The number of aryl methyl sites for hydroxylation is 1. The second-order valence-corrected chi connectivity index (χ2v) is 15.3. The van der Waals surface area contributed by atoms with Gasteiger partial charge in [0.05, 0.1) is 4.88 Å².